The summed E-state index contributed by atoms with van der Waals surface area (Å²) in [5.74, 6) is -1.68. The maximum Gasteiger partial charge on any atom is 0.217 e. The van der Waals surface area contributed by atoms with Gasteiger partial charge in [0.2, 0.25) is 11.8 Å². The molecule has 6 aliphatic heterocycles. The molecule has 73 heavy (non-hydrogen) atoms. The summed E-state index contributed by atoms with van der Waals surface area (Å²) < 4.78 is 62.7. The summed E-state index contributed by atoms with van der Waals surface area (Å²) in [7, 11) is 0. The second-order valence-corrected chi connectivity index (χ2v) is 18.2. The molecule has 6 saturated heterocycles. The van der Waals surface area contributed by atoms with Crippen LogP contribution < -0.4 is 10.6 Å². The van der Waals surface area contributed by atoms with E-state index in [1.165, 1.54) is 0 Å². The van der Waals surface area contributed by atoms with Gasteiger partial charge in [-0.3, -0.25) is 9.59 Å². The molecule has 33 heteroatoms. The van der Waals surface area contributed by atoms with Crippen molar-refractivity contribution in [3.05, 3.63) is 0 Å². The topological polar surface area (TPSA) is 524 Å². The van der Waals surface area contributed by atoms with Crippen LogP contribution in [0.1, 0.15) is 13.8 Å². The number of aliphatic hydroxyl groups excluding tert-OH is 18. The van der Waals surface area contributed by atoms with E-state index < -0.39 is 236 Å². The summed E-state index contributed by atoms with van der Waals surface area (Å²) in [6.45, 7) is -3.79. The first-order chi connectivity index (χ1) is 34.5. The maximum absolute atomic E-state index is 12.7. The van der Waals surface area contributed by atoms with Crippen LogP contribution in [0.15, 0.2) is 0 Å². The number of carbonyl (C=O) groups is 2. The van der Waals surface area contributed by atoms with Gasteiger partial charge in [0.05, 0.1) is 39.6 Å². The monoisotopic (exact) mass is 1070 g/mol. The number of carbonyl (C=O) groups excluding carboxylic acids is 2. The highest BCUT2D eigenvalue weighted by atomic mass is 16.8. The highest BCUT2D eigenvalue weighted by Crippen LogP contribution is 2.37. The largest absolute Gasteiger partial charge is 0.394 e. The zero-order chi connectivity index (χ0) is 53.9. The second kappa shape index (κ2) is 26.0. The molecule has 6 fully saturated rings. The molecule has 6 heterocycles. The van der Waals surface area contributed by atoms with Crippen LogP contribution in [-0.2, 0) is 61.7 Å². The van der Waals surface area contributed by atoms with Crippen LogP contribution >= 0.6 is 0 Å². The Hall–Kier alpha value is -2.22. The van der Waals surface area contributed by atoms with Crippen LogP contribution in [0, 0.1) is 0 Å². The lowest BCUT2D eigenvalue weighted by Gasteiger charge is -2.51. The highest BCUT2D eigenvalue weighted by molar-refractivity contribution is 5.73. The predicted molar refractivity (Wildman–Crippen MR) is 222 cm³/mol. The number of aliphatic hydroxyl groups is 18. The minimum absolute atomic E-state index is 0.822. The molecule has 33 nitrogen and oxygen atoms in total. The van der Waals surface area contributed by atoms with Crippen LogP contribution in [0.5, 0.6) is 0 Å². The van der Waals surface area contributed by atoms with E-state index in [0.29, 0.717) is 0 Å². The molecule has 2 amide bonds. The van der Waals surface area contributed by atoms with E-state index in [0.717, 1.165) is 13.8 Å². The molecule has 0 spiro atoms. The molecule has 0 saturated carbocycles. The van der Waals surface area contributed by atoms with Crippen molar-refractivity contribution in [3.8, 4) is 0 Å². The second-order valence-electron chi connectivity index (χ2n) is 18.2. The normalized spacial score (nSPS) is 49.8. The van der Waals surface area contributed by atoms with Crippen LogP contribution in [0.4, 0.5) is 0 Å². The van der Waals surface area contributed by atoms with Gasteiger partial charge in [-0.25, -0.2) is 0 Å². The predicted octanol–water partition coefficient (Wildman–Crippen LogP) is -13.8. The Kier molecular flexibility index (Phi) is 21.3. The molecule has 0 aromatic carbocycles. The Labute approximate surface area is 413 Å². The third kappa shape index (κ3) is 12.9. The fraction of sp³-hybridized carbons (Fsp3) is 0.950. The molecule has 0 unspecified atom stereocenters. The fourth-order valence-electron chi connectivity index (χ4n) is 9.32. The molecule has 6 rings (SSSR count). The number of hydrogen-bond acceptors (Lipinski definition) is 31. The van der Waals surface area contributed by atoms with Crippen LogP contribution in [0.2, 0.25) is 0 Å². The molecule has 424 valence electrons. The van der Waals surface area contributed by atoms with Gasteiger partial charge in [0.25, 0.3) is 0 Å². The Morgan fingerprint density at radius 3 is 0.959 bits per heavy atom. The molecule has 30 atom stereocenters. The lowest BCUT2D eigenvalue weighted by molar-refractivity contribution is -0.384. The number of amides is 2. The smallest absolute Gasteiger partial charge is 0.217 e. The number of nitrogens with one attached hydrogen (secondary N) is 2. The van der Waals surface area contributed by atoms with Gasteiger partial charge >= 0.3 is 0 Å². The van der Waals surface area contributed by atoms with Gasteiger partial charge in [-0.05, 0) is 0 Å². The van der Waals surface area contributed by atoms with Crippen molar-refractivity contribution in [1.29, 1.82) is 0 Å². The van der Waals surface area contributed by atoms with Crippen molar-refractivity contribution < 1.29 is 154 Å². The molecule has 0 radical (unpaired) electrons. The van der Waals surface area contributed by atoms with E-state index in [4.69, 9.17) is 52.1 Å². The van der Waals surface area contributed by atoms with Gasteiger partial charge in [-0.15, -0.1) is 0 Å². The van der Waals surface area contributed by atoms with Gasteiger partial charge < -0.3 is 155 Å². The van der Waals surface area contributed by atoms with Gasteiger partial charge in [0, 0.05) is 13.8 Å². The minimum Gasteiger partial charge on any atom is -0.394 e. The standard InChI is InChI=1S/C40H68N2O31/c1-9(49)41-17-33(72-38-27(59)22(54)19(51)11(3-43)66-38)20(52)12(4-44)64-36(17)70-32-16(8-48)68-40(29(61)25(32)57)73-34-18(42-10(2)50)37(65-13(5-45)21(34)53)69-31-15(7-47)67-39(28(60)24(31)56)71-30-14(6-46)63-35(62)26(58)23(30)55/h11-40,43-48,51-62H,3-8H2,1-2H3,(H,41,49)(H,42,50)/t11-,12-,13-,14-,15-,16-,17-,18-,19+,20+,21+,22+,23-,24-,25-,26-,27-,28-,29-,30-,31+,32+,33-,34-,35-,36+,37+,38+,39+,40+/m1/s1. The van der Waals surface area contributed by atoms with E-state index in [2.05, 4.69) is 10.6 Å². The molecule has 0 aliphatic carbocycles. The average Bonchev–Trinajstić information content (AvgIpc) is 3.36. The average molecular weight is 1070 g/mol. The Morgan fingerprint density at radius 1 is 0.329 bits per heavy atom. The third-order valence-electron chi connectivity index (χ3n) is 13.2. The lowest BCUT2D eigenvalue weighted by Crippen LogP contribution is -2.71. The summed E-state index contributed by atoms with van der Waals surface area (Å²) in [5, 5.41) is 196. The van der Waals surface area contributed by atoms with E-state index in [-0.39, 0.29) is 0 Å². The third-order valence-corrected chi connectivity index (χ3v) is 13.2. The zero-order valence-corrected chi connectivity index (χ0v) is 38.9. The van der Waals surface area contributed by atoms with E-state index in [9.17, 15) is 102 Å². The van der Waals surface area contributed by atoms with Crippen molar-refractivity contribution in [2.24, 2.45) is 0 Å². The first-order valence-corrected chi connectivity index (χ1v) is 23.1. The molecular formula is C40H68N2O31. The van der Waals surface area contributed by atoms with Crippen molar-refractivity contribution in [1.82, 2.24) is 10.6 Å². The number of ether oxygens (including phenoxy) is 11. The molecule has 0 aromatic rings. The SMILES string of the molecule is CC(=O)N[C@H]1[C@H](O[C@@H]2[C@H](O)[C@@H](O)[C@H](O[C@H]3[C@@H](O)[C@@H](CO)O[C@@H](O[C@@H]4[C@H](O)[C@@H](O)[C@H](O[C@H]5[C@H](O)[C@@H](O)[C@H](O)O[C@@H]5CO)O[C@@H]4CO)[C@@H]3NC(C)=O)O[C@@H]2CO)O[C@H](CO)[C@H](O)[C@@H]1O[C@@H]1O[C@H](CO)[C@H](O)[C@H](O)[C@H]1O. The lowest BCUT2D eigenvalue weighted by atomic mass is 9.93. The van der Waals surface area contributed by atoms with E-state index in [1.54, 1.807) is 0 Å². The van der Waals surface area contributed by atoms with Crippen LogP contribution in [0.25, 0.3) is 0 Å². The van der Waals surface area contributed by atoms with Gasteiger partial charge in [0.15, 0.2) is 37.7 Å². The first kappa shape index (κ1) is 60.0. The van der Waals surface area contributed by atoms with Crippen LogP contribution in [-0.4, -0.2) is 327 Å². The number of rotatable bonds is 18. The van der Waals surface area contributed by atoms with Gasteiger partial charge in [-0.1, -0.05) is 0 Å². The molecule has 0 bridgehead atoms. The van der Waals surface area contributed by atoms with Crippen molar-refractivity contribution >= 4 is 11.8 Å². The first-order valence-electron chi connectivity index (χ1n) is 23.1. The fourth-order valence-corrected chi connectivity index (χ4v) is 9.32. The quantitative estimate of drug-likeness (QED) is 0.0606. The summed E-state index contributed by atoms with van der Waals surface area (Å²) in [4.78, 5) is 25.2. The minimum atomic E-state index is -2.25. The zero-order valence-electron chi connectivity index (χ0n) is 38.9. The molecule has 6 aliphatic rings. The summed E-state index contributed by atoms with van der Waals surface area (Å²) in [6, 6.07) is -3.45. The van der Waals surface area contributed by atoms with Gasteiger partial charge in [-0.2, -0.15) is 0 Å². The molecule has 20 N–H and O–H groups in total. The van der Waals surface area contributed by atoms with Gasteiger partial charge in [0.1, 0.15) is 146 Å². The highest BCUT2D eigenvalue weighted by Gasteiger charge is 2.58. The van der Waals surface area contributed by atoms with Crippen molar-refractivity contribution in [3.63, 3.8) is 0 Å². The van der Waals surface area contributed by atoms with E-state index in [1.807, 2.05) is 0 Å². The summed E-state index contributed by atoms with van der Waals surface area (Å²) in [6.07, 6.45) is -52.9. The van der Waals surface area contributed by atoms with Crippen LogP contribution in [0.3, 0.4) is 0 Å². The Balaban J connectivity index is 1.21. The summed E-state index contributed by atoms with van der Waals surface area (Å²) >= 11 is 0. The molecular weight excluding hydrogens is 1000 g/mol. The Morgan fingerprint density at radius 2 is 0.603 bits per heavy atom. The Bertz CT molecular complexity index is 1740. The van der Waals surface area contributed by atoms with E-state index >= 15 is 0 Å². The van der Waals surface area contributed by atoms with Crippen molar-refractivity contribution in [2.45, 2.75) is 198 Å². The maximum atomic E-state index is 12.7. The number of hydrogen-bond donors (Lipinski definition) is 20. The van der Waals surface area contributed by atoms with Crippen molar-refractivity contribution in [2.75, 3.05) is 39.6 Å². The summed E-state index contributed by atoms with van der Waals surface area (Å²) in [5.41, 5.74) is 0. The molecule has 0 aromatic heterocycles.